The van der Waals surface area contributed by atoms with Gasteiger partial charge in [-0.3, -0.25) is 9.78 Å². The lowest BCUT2D eigenvalue weighted by Crippen LogP contribution is -2.47. The minimum absolute atomic E-state index is 0.0145. The summed E-state index contributed by atoms with van der Waals surface area (Å²) in [6.45, 7) is 3.14. The van der Waals surface area contributed by atoms with Crippen molar-refractivity contribution in [2.45, 2.75) is 6.18 Å². The summed E-state index contributed by atoms with van der Waals surface area (Å²) in [5.74, 6) is 0.0145. The second-order valence-electron chi connectivity index (χ2n) is 7.85. The first kappa shape index (κ1) is 21.5. The van der Waals surface area contributed by atoms with Crippen molar-refractivity contribution in [1.82, 2.24) is 29.4 Å². The molecule has 1 saturated heterocycles. The molecule has 0 saturated carbocycles. The Hall–Kier alpha value is -3.31. The Morgan fingerprint density at radius 1 is 0.939 bits per heavy atom. The van der Waals surface area contributed by atoms with Crippen LogP contribution in [0.4, 0.5) is 13.2 Å². The third-order valence-corrected chi connectivity index (χ3v) is 6.58. The van der Waals surface area contributed by atoms with Gasteiger partial charge in [0.1, 0.15) is 10.7 Å². The lowest BCUT2D eigenvalue weighted by atomic mass is 10.1. The highest BCUT2D eigenvalue weighted by atomic mass is 32.1. The second-order valence-corrected chi connectivity index (χ2v) is 8.80. The van der Waals surface area contributed by atoms with Crippen LogP contribution in [-0.2, 0) is 6.18 Å². The van der Waals surface area contributed by atoms with E-state index in [0.717, 1.165) is 24.7 Å². The minimum atomic E-state index is -4.49. The molecule has 4 heterocycles. The molecule has 1 aliphatic rings. The summed E-state index contributed by atoms with van der Waals surface area (Å²) in [5.41, 5.74) is 1.55. The number of fused-ring (bicyclic) bond motifs is 1. The fourth-order valence-electron chi connectivity index (χ4n) is 3.67. The standard InChI is InChI=1S/C22H19F3N6OS/c1-29-8-10-30(11-9-29)20(32)15-4-2-14(3-5-15)19-28-31-17(13-27-21(31)33-19)16-6-7-18(26-12-16)22(23,24)25/h2-7,12-13H,8-11H2,1H3. The van der Waals surface area contributed by atoms with E-state index in [-0.39, 0.29) is 5.91 Å². The summed E-state index contributed by atoms with van der Waals surface area (Å²) >= 11 is 1.36. The average molecular weight is 472 g/mol. The highest BCUT2D eigenvalue weighted by Crippen LogP contribution is 2.31. The first-order valence-corrected chi connectivity index (χ1v) is 11.1. The Morgan fingerprint density at radius 2 is 1.64 bits per heavy atom. The number of likely N-dealkylation sites (N-methyl/N-ethyl adjacent to an activating group) is 1. The number of benzene rings is 1. The molecule has 11 heteroatoms. The van der Waals surface area contributed by atoms with Crippen LogP contribution in [0.2, 0.25) is 0 Å². The molecule has 1 fully saturated rings. The monoisotopic (exact) mass is 472 g/mol. The summed E-state index contributed by atoms with van der Waals surface area (Å²) in [5, 5.41) is 5.28. The minimum Gasteiger partial charge on any atom is -0.336 e. The largest absolute Gasteiger partial charge is 0.433 e. The summed E-state index contributed by atoms with van der Waals surface area (Å²) < 4.78 is 40.0. The van der Waals surface area contributed by atoms with E-state index in [1.54, 1.807) is 22.8 Å². The second kappa shape index (κ2) is 8.23. The van der Waals surface area contributed by atoms with Crippen LogP contribution in [0.15, 0.2) is 48.8 Å². The zero-order chi connectivity index (χ0) is 23.2. The number of piperazine rings is 1. The number of carbonyl (C=O) groups excluding carboxylic acids is 1. The van der Waals surface area contributed by atoms with Crippen LogP contribution in [-0.4, -0.2) is 68.5 Å². The van der Waals surface area contributed by atoms with E-state index >= 15 is 0 Å². The molecule has 3 aromatic heterocycles. The molecular formula is C22H19F3N6OS. The van der Waals surface area contributed by atoms with Gasteiger partial charge in [0, 0.05) is 49.1 Å². The molecule has 0 aliphatic carbocycles. The van der Waals surface area contributed by atoms with Gasteiger partial charge in [-0.1, -0.05) is 23.5 Å². The van der Waals surface area contributed by atoms with Crippen molar-refractivity contribution >= 4 is 22.2 Å². The van der Waals surface area contributed by atoms with E-state index in [0.29, 0.717) is 39.9 Å². The number of rotatable bonds is 3. The molecule has 33 heavy (non-hydrogen) atoms. The van der Waals surface area contributed by atoms with Gasteiger partial charge in [-0.25, -0.2) is 9.50 Å². The van der Waals surface area contributed by atoms with E-state index < -0.39 is 11.9 Å². The molecular weight excluding hydrogens is 453 g/mol. The van der Waals surface area contributed by atoms with E-state index in [2.05, 4.69) is 20.0 Å². The predicted molar refractivity (Wildman–Crippen MR) is 118 cm³/mol. The van der Waals surface area contributed by atoms with Gasteiger partial charge in [0.05, 0.1) is 11.9 Å². The van der Waals surface area contributed by atoms with Gasteiger partial charge >= 0.3 is 6.18 Å². The van der Waals surface area contributed by atoms with Crippen LogP contribution in [0, 0.1) is 0 Å². The zero-order valence-electron chi connectivity index (χ0n) is 17.6. The normalized spacial score (nSPS) is 15.3. The fourth-order valence-corrected chi connectivity index (χ4v) is 4.55. The van der Waals surface area contributed by atoms with E-state index in [1.807, 2.05) is 24.1 Å². The Balaban J connectivity index is 1.38. The van der Waals surface area contributed by atoms with Crippen LogP contribution in [0.25, 0.3) is 26.8 Å². The molecule has 0 atom stereocenters. The third-order valence-electron chi connectivity index (χ3n) is 5.60. The Labute approximate surface area is 191 Å². The van der Waals surface area contributed by atoms with Crippen LogP contribution in [0.5, 0.6) is 0 Å². The van der Waals surface area contributed by atoms with Crippen LogP contribution in [0.3, 0.4) is 0 Å². The SMILES string of the molecule is CN1CCN(C(=O)c2ccc(-c3nn4c(-c5ccc(C(F)(F)F)nc5)cnc4s3)cc2)CC1. The lowest BCUT2D eigenvalue weighted by Gasteiger charge is -2.32. The highest BCUT2D eigenvalue weighted by molar-refractivity contribution is 7.19. The molecule has 0 N–H and O–H groups in total. The van der Waals surface area contributed by atoms with E-state index in [1.165, 1.54) is 23.6 Å². The van der Waals surface area contributed by atoms with Crippen molar-refractivity contribution in [3.63, 3.8) is 0 Å². The molecule has 0 radical (unpaired) electrons. The van der Waals surface area contributed by atoms with Crippen LogP contribution in [0.1, 0.15) is 16.1 Å². The topological polar surface area (TPSA) is 66.6 Å². The van der Waals surface area contributed by atoms with Gasteiger partial charge < -0.3 is 9.80 Å². The quantitative estimate of drug-likeness (QED) is 0.452. The number of pyridine rings is 1. The van der Waals surface area contributed by atoms with Crippen molar-refractivity contribution in [2.24, 2.45) is 0 Å². The van der Waals surface area contributed by atoms with Crippen molar-refractivity contribution in [2.75, 3.05) is 33.2 Å². The maximum atomic E-state index is 12.8. The molecule has 1 aliphatic heterocycles. The van der Waals surface area contributed by atoms with Gasteiger partial charge in [0.25, 0.3) is 5.91 Å². The van der Waals surface area contributed by atoms with Gasteiger partial charge in [0.15, 0.2) is 0 Å². The molecule has 5 rings (SSSR count). The molecule has 170 valence electrons. The third kappa shape index (κ3) is 4.21. The van der Waals surface area contributed by atoms with E-state index in [4.69, 9.17) is 0 Å². The number of aromatic nitrogens is 4. The Morgan fingerprint density at radius 3 is 2.27 bits per heavy atom. The van der Waals surface area contributed by atoms with Crippen molar-refractivity contribution < 1.29 is 18.0 Å². The Bertz CT molecular complexity index is 1290. The number of halogens is 3. The number of imidazole rings is 1. The molecule has 1 amide bonds. The maximum Gasteiger partial charge on any atom is 0.433 e. The summed E-state index contributed by atoms with van der Waals surface area (Å²) in [4.78, 5) is 25.3. The van der Waals surface area contributed by atoms with Gasteiger partial charge in [-0.05, 0) is 31.3 Å². The fraction of sp³-hybridized carbons (Fsp3) is 0.273. The summed E-state index contributed by atoms with van der Waals surface area (Å²) in [6.07, 6.45) is -1.76. The molecule has 0 bridgehead atoms. The van der Waals surface area contributed by atoms with Crippen LogP contribution >= 0.6 is 11.3 Å². The number of hydrogen-bond acceptors (Lipinski definition) is 6. The van der Waals surface area contributed by atoms with Gasteiger partial charge in [-0.2, -0.15) is 18.3 Å². The lowest BCUT2D eigenvalue weighted by molar-refractivity contribution is -0.141. The highest BCUT2D eigenvalue weighted by Gasteiger charge is 2.32. The maximum absolute atomic E-state index is 12.8. The first-order chi connectivity index (χ1) is 15.8. The molecule has 4 aromatic rings. The zero-order valence-corrected chi connectivity index (χ0v) is 18.4. The number of nitrogens with zero attached hydrogens (tertiary/aromatic N) is 6. The Kier molecular flexibility index (Phi) is 5.37. The number of amides is 1. The van der Waals surface area contributed by atoms with Gasteiger partial charge in [0.2, 0.25) is 4.96 Å². The van der Waals surface area contributed by atoms with E-state index in [9.17, 15) is 18.0 Å². The number of hydrogen-bond donors (Lipinski definition) is 0. The number of alkyl halides is 3. The smallest absolute Gasteiger partial charge is 0.336 e. The number of carbonyl (C=O) groups is 1. The average Bonchev–Trinajstić information content (AvgIpc) is 3.40. The molecule has 1 aromatic carbocycles. The first-order valence-electron chi connectivity index (χ1n) is 10.3. The van der Waals surface area contributed by atoms with Gasteiger partial charge in [-0.15, -0.1) is 0 Å². The van der Waals surface area contributed by atoms with Crippen molar-refractivity contribution in [3.05, 3.63) is 60.0 Å². The predicted octanol–water partition coefficient (Wildman–Crippen LogP) is 3.93. The van der Waals surface area contributed by atoms with Crippen LogP contribution < -0.4 is 0 Å². The summed E-state index contributed by atoms with van der Waals surface area (Å²) in [7, 11) is 2.04. The summed E-state index contributed by atoms with van der Waals surface area (Å²) in [6, 6.07) is 9.58. The molecule has 7 nitrogen and oxygen atoms in total. The van der Waals surface area contributed by atoms with Crippen molar-refractivity contribution in [3.8, 4) is 21.8 Å². The molecule has 0 spiro atoms. The molecule has 0 unspecified atom stereocenters. The van der Waals surface area contributed by atoms with Crippen molar-refractivity contribution in [1.29, 1.82) is 0 Å².